The Morgan fingerprint density at radius 2 is 2.19 bits per heavy atom. The maximum absolute atomic E-state index is 13.2. The molecule has 2 rings (SSSR count). The summed E-state index contributed by atoms with van der Waals surface area (Å²) in [5, 5.41) is 4.30. The highest BCUT2D eigenvalue weighted by molar-refractivity contribution is 6.03. The molecule has 1 aromatic heterocycles. The van der Waals surface area contributed by atoms with Crippen LogP contribution in [0, 0.1) is 5.92 Å². The molecule has 1 aromatic rings. The van der Waals surface area contributed by atoms with Crippen LogP contribution in [0.2, 0.25) is 0 Å². The third-order valence-electron chi connectivity index (χ3n) is 4.45. The molecule has 1 heterocycles. The van der Waals surface area contributed by atoms with Gasteiger partial charge in [0.25, 0.3) is 0 Å². The first-order valence-electron chi connectivity index (χ1n) is 7.66. The quantitative estimate of drug-likeness (QED) is 0.782. The molecule has 5 heteroatoms. The topological polar surface area (TPSA) is 53.4 Å². The van der Waals surface area contributed by atoms with Crippen molar-refractivity contribution in [1.29, 1.82) is 0 Å². The van der Waals surface area contributed by atoms with Gasteiger partial charge in [-0.3, -0.25) is 9.48 Å². The number of hydrogen-bond donors (Lipinski definition) is 0. The Balaban J connectivity index is 2.44. The first-order chi connectivity index (χ1) is 9.95. The van der Waals surface area contributed by atoms with Crippen molar-refractivity contribution in [2.24, 2.45) is 5.92 Å². The van der Waals surface area contributed by atoms with Crippen LogP contribution in [0.4, 0.5) is 0 Å². The van der Waals surface area contributed by atoms with Crippen LogP contribution in [0.5, 0.6) is 5.75 Å². The average molecular weight is 294 g/mol. The molecule has 0 spiro atoms. The van der Waals surface area contributed by atoms with Gasteiger partial charge in [0, 0.05) is 13.2 Å². The Morgan fingerprint density at radius 1 is 1.48 bits per heavy atom. The third-order valence-corrected chi connectivity index (χ3v) is 4.45. The van der Waals surface area contributed by atoms with Gasteiger partial charge >= 0.3 is 0 Å². The largest absolute Gasteiger partial charge is 0.493 e. The van der Waals surface area contributed by atoms with Crippen LogP contribution in [-0.4, -0.2) is 35.4 Å². The van der Waals surface area contributed by atoms with E-state index in [1.807, 2.05) is 13.8 Å². The van der Waals surface area contributed by atoms with E-state index in [-0.39, 0.29) is 11.8 Å². The Bertz CT molecular complexity index is 510. The van der Waals surface area contributed by atoms with Crippen molar-refractivity contribution in [1.82, 2.24) is 9.78 Å². The van der Waals surface area contributed by atoms with Gasteiger partial charge in [-0.05, 0) is 39.0 Å². The molecule has 0 aliphatic heterocycles. The first-order valence-corrected chi connectivity index (χ1v) is 7.66. The maximum Gasteiger partial charge on any atom is 0.216 e. The number of ketones is 1. The molecule has 0 radical (unpaired) electrons. The lowest BCUT2D eigenvalue weighted by molar-refractivity contribution is -0.0311. The molecule has 0 N–H and O–H groups in total. The van der Waals surface area contributed by atoms with Crippen molar-refractivity contribution in [3.63, 3.8) is 0 Å². The van der Waals surface area contributed by atoms with Crippen molar-refractivity contribution < 1.29 is 14.3 Å². The lowest BCUT2D eigenvalue weighted by Crippen LogP contribution is -2.45. The molecule has 21 heavy (non-hydrogen) atoms. The van der Waals surface area contributed by atoms with E-state index >= 15 is 0 Å². The van der Waals surface area contributed by atoms with E-state index in [1.54, 1.807) is 25.1 Å². The fraction of sp³-hybridized carbons (Fsp3) is 0.750. The molecule has 1 saturated carbocycles. The predicted octanol–water partition coefficient (Wildman–Crippen LogP) is 3.25. The molecule has 2 atom stereocenters. The molecule has 0 saturated heterocycles. The van der Waals surface area contributed by atoms with Gasteiger partial charge in [-0.1, -0.05) is 13.3 Å². The van der Waals surface area contributed by atoms with Crippen LogP contribution in [0.1, 0.15) is 63.0 Å². The molecular formula is C16H26N2O3. The van der Waals surface area contributed by atoms with Crippen LogP contribution in [0.25, 0.3) is 0 Å². The summed E-state index contributed by atoms with van der Waals surface area (Å²) in [6.45, 7) is 6.19. The van der Waals surface area contributed by atoms with Gasteiger partial charge in [-0.15, -0.1) is 0 Å². The molecular weight excluding hydrogens is 268 g/mol. The highest BCUT2D eigenvalue weighted by Crippen LogP contribution is 2.39. The fourth-order valence-electron chi connectivity index (χ4n) is 3.31. The molecule has 0 aromatic carbocycles. The number of carbonyl (C=O) groups excluding carboxylic acids is 1. The van der Waals surface area contributed by atoms with E-state index in [2.05, 4.69) is 12.0 Å². The summed E-state index contributed by atoms with van der Waals surface area (Å²) in [6, 6.07) is 0.0998. The zero-order valence-electron chi connectivity index (χ0n) is 13.7. The second-order valence-electron chi connectivity index (χ2n) is 6.33. The van der Waals surface area contributed by atoms with Gasteiger partial charge in [0.05, 0.1) is 13.3 Å². The van der Waals surface area contributed by atoms with Gasteiger partial charge in [0.1, 0.15) is 11.3 Å². The van der Waals surface area contributed by atoms with Gasteiger partial charge in [0.15, 0.2) is 5.75 Å². The highest BCUT2D eigenvalue weighted by atomic mass is 16.5. The van der Waals surface area contributed by atoms with E-state index in [1.165, 1.54) is 0 Å². The number of methoxy groups -OCH3 is 2. The van der Waals surface area contributed by atoms with Crippen molar-refractivity contribution >= 4 is 5.78 Å². The fourth-order valence-corrected chi connectivity index (χ4v) is 3.31. The van der Waals surface area contributed by atoms with Crippen LogP contribution >= 0.6 is 0 Å². The van der Waals surface area contributed by atoms with Crippen molar-refractivity contribution in [2.45, 2.75) is 58.1 Å². The van der Waals surface area contributed by atoms with E-state index in [0.717, 1.165) is 25.7 Å². The number of aromatic nitrogens is 2. The van der Waals surface area contributed by atoms with Crippen molar-refractivity contribution in [3.8, 4) is 5.75 Å². The summed E-state index contributed by atoms with van der Waals surface area (Å²) in [6.07, 6.45) is 5.30. The van der Waals surface area contributed by atoms with E-state index in [0.29, 0.717) is 17.4 Å². The third kappa shape index (κ3) is 2.84. The molecule has 0 bridgehead atoms. The number of Topliss-reactive ketones (excluding diaryl/α,β-unsaturated/α-hetero) is 1. The molecule has 5 nitrogen and oxygen atoms in total. The summed E-state index contributed by atoms with van der Waals surface area (Å²) in [7, 11) is 3.21. The molecule has 118 valence electrons. The lowest BCUT2D eigenvalue weighted by atomic mass is 9.75. The Hall–Kier alpha value is -1.36. The first kappa shape index (κ1) is 16.0. The summed E-state index contributed by atoms with van der Waals surface area (Å²) >= 11 is 0. The monoisotopic (exact) mass is 294 g/mol. The van der Waals surface area contributed by atoms with Gasteiger partial charge in [0.2, 0.25) is 5.78 Å². The summed E-state index contributed by atoms with van der Waals surface area (Å²) in [5.41, 5.74) is -0.207. The standard InChI is InChI=1S/C16H26N2O3/c1-11(2)18-14(13(20-4)10-17-18)15(19)16(21-5)8-6-7-12(3)9-16/h10-12H,6-9H2,1-5H3. The highest BCUT2D eigenvalue weighted by Gasteiger charge is 2.45. The van der Waals surface area contributed by atoms with Gasteiger partial charge in [-0.25, -0.2) is 0 Å². The van der Waals surface area contributed by atoms with E-state index in [9.17, 15) is 4.79 Å². The zero-order chi connectivity index (χ0) is 15.6. The molecule has 0 amide bonds. The minimum absolute atomic E-state index is 0.000370. The summed E-state index contributed by atoms with van der Waals surface area (Å²) in [4.78, 5) is 13.2. The molecule has 2 unspecified atom stereocenters. The van der Waals surface area contributed by atoms with Crippen LogP contribution in [0.3, 0.4) is 0 Å². The molecule has 1 aliphatic carbocycles. The zero-order valence-corrected chi connectivity index (χ0v) is 13.7. The molecule has 1 aliphatic rings. The lowest BCUT2D eigenvalue weighted by Gasteiger charge is -2.37. The summed E-state index contributed by atoms with van der Waals surface area (Å²) in [5.74, 6) is 1.02. The Labute approximate surface area is 126 Å². The second kappa shape index (κ2) is 6.18. The SMILES string of the molecule is COc1cnn(C(C)C)c1C(=O)C1(OC)CCCC(C)C1. The van der Waals surface area contributed by atoms with Crippen molar-refractivity contribution in [2.75, 3.05) is 14.2 Å². The minimum atomic E-state index is -0.738. The second-order valence-corrected chi connectivity index (χ2v) is 6.33. The number of carbonyl (C=O) groups is 1. The van der Waals surface area contributed by atoms with E-state index in [4.69, 9.17) is 9.47 Å². The normalized spacial score (nSPS) is 26.1. The van der Waals surface area contributed by atoms with Gasteiger partial charge in [-0.2, -0.15) is 5.10 Å². The number of nitrogens with zero attached hydrogens (tertiary/aromatic N) is 2. The number of hydrogen-bond acceptors (Lipinski definition) is 4. The number of rotatable bonds is 5. The van der Waals surface area contributed by atoms with Crippen LogP contribution in [-0.2, 0) is 4.74 Å². The van der Waals surface area contributed by atoms with Crippen molar-refractivity contribution in [3.05, 3.63) is 11.9 Å². The Morgan fingerprint density at radius 3 is 2.71 bits per heavy atom. The van der Waals surface area contributed by atoms with Crippen LogP contribution < -0.4 is 4.74 Å². The minimum Gasteiger partial charge on any atom is -0.493 e. The van der Waals surface area contributed by atoms with Gasteiger partial charge < -0.3 is 9.47 Å². The number of ether oxygens (including phenoxy) is 2. The average Bonchev–Trinajstić information content (AvgIpc) is 2.90. The van der Waals surface area contributed by atoms with E-state index < -0.39 is 5.60 Å². The van der Waals surface area contributed by atoms with Crippen LogP contribution in [0.15, 0.2) is 6.20 Å². The summed E-state index contributed by atoms with van der Waals surface area (Å²) < 4.78 is 12.8. The Kier molecular flexibility index (Phi) is 4.71. The molecule has 1 fully saturated rings. The maximum atomic E-state index is 13.2. The predicted molar refractivity (Wildman–Crippen MR) is 80.9 cm³/mol. The smallest absolute Gasteiger partial charge is 0.216 e.